The Labute approximate surface area is 188 Å². The molecule has 1 aromatic heterocycles. The first kappa shape index (κ1) is 20.3. The highest BCUT2D eigenvalue weighted by Gasteiger charge is 2.43. The zero-order chi connectivity index (χ0) is 21.9. The number of aromatic nitrogens is 1. The molecule has 4 nitrogen and oxygen atoms in total. The number of benzene rings is 3. The van der Waals surface area contributed by atoms with Crippen LogP contribution >= 0.6 is 0 Å². The maximum atomic E-state index is 12.7. The molecule has 1 fully saturated rings. The summed E-state index contributed by atoms with van der Waals surface area (Å²) >= 11 is 0. The fourth-order valence-electron chi connectivity index (χ4n) is 4.44. The van der Waals surface area contributed by atoms with Crippen molar-refractivity contribution in [3.05, 3.63) is 96.3 Å². The molecule has 0 spiro atoms. The van der Waals surface area contributed by atoms with Gasteiger partial charge in [0, 0.05) is 30.2 Å². The third kappa shape index (κ3) is 4.09. The van der Waals surface area contributed by atoms with E-state index in [4.69, 9.17) is 4.74 Å². The fraction of sp³-hybridized carbons (Fsp3) is 0.214. The highest BCUT2D eigenvalue weighted by molar-refractivity contribution is 5.98. The van der Waals surface area contributed by atoms with Gasteiger partial charge in [0.1, 0.15) is 5.75 Å². The summed E-state index contributed by atoms with van der Waals surface area (Å²) in [5.74, 6) is 1.40. The number of fused-ring (bicyclic) bond motifs is 1. The number of carbonyl (C=O) groups excluding carboxylic acids is 1. The van der Waals surface area contributed by atoms with Crippen LogP contribution in [0.3, 0.4) is 0 Å². The molecule has 1 N–H and O–H groups in total. The number of hydrogen-bond acceptors (Lipinski definition) is 3. The summed E-state index contributed by atoms with van der Waals surface area (Å²) in [6.07, 6.45) is 4.62. The number of nitrogens with one attached hydrogen (secondary N) is 1. The Morgan fingerprint density at radius 2 is 1.91 bits per heavy atom. The first-order valence-electron chi connectivity index (χ1n) is 11.2. The quantitative estimate of drug-likeness (QED) is 0.414. The normalized spacial score (nSPS) is 17.2. The second kappa shape index (κ2) is 8.83. The molecule has 1 heterocycles. The van der Waals surface area contributed by atoms with E-state index in [0.717, 1.165) is 39.6 Å². The minimum absolute atomic E-state index is 0.0716. The highest BCUT2D eigenvalue weighted by atomic mass is 16.5. The van der Waals surface area contributed by atoms with Gasteiger partial charge in [-0.3, -0.25) is 9.78 Å². The molecule has 0 bridgehead atoms. The van der Waals surface area contributed by atoms with E-state index < -0.39 is 0 Å². The van der Waals surface area contributed by atoms with Crippen molar-refractivity contribution in [2.75, 3.05) is 6.61 Å². The molecular formula is C28H26N2O2. The van der Waals surface area contributed by atoms with E-state index in [9.17, 15) is 4.79 Å². The summed E-state index contributed by atoms with van der Waals surface area (Å²) < 4.78 is 5.68. The largest absolute Gasteiger partial charge is 0.494 e. The summed E-state index contributed by atoms with van der Waals surface area (Å²) in [7, 11) is 0. The van der Waals surface area contributed by atoms with E-state index in [1.54, 1.807) is 0 Å². The van der Waals surface area contributed by atoms with Crippen LogP contribution in [0.4, 0.5) is 0 Å². The Hall–Kier alpha value is -3.66. The van der Waals surface area contributed by atoms with Crippen LogP contribution in [-0.2, 0) is 11.3 Å². The maximum Gasteiger partial charge on any atom is 0.224 e. The van der Waals surface area contributed by atoms with Crippen LogP contribution in [0.15, 0.2) is 85.2 Å². The van der Waals surface area contributed by atoms with Crippen LogP contribution in [0.25, 0.3) is 21.9 Å². The molecule has 32 heavy (non-hydrogen) atoms. The molecule has 2 atom stereocenters. The lowest BCUT2D eigenvalue weighted by Crippen LogP contribution is -2.25. The van der Waals surface area contributed by atoms with E-state index in [1.807, 2.05) is 55.7 Å². The van der Waals surface area contributed by atoms with Gasteiger partial charge in [0.2, 0.25) is 5.91 Å². The fourth-order valence-corrected chi connectivity index (χ4v) is 4.44. The molecule has 0 aliphatic heterocycles. The van der Waals surface area contributed by atoms with Crippen LogP contribution in [-0.4, -0.2) is 17.5 Å². The summed E-state index contributed by atoms with van der Waals surface area (Å²) in [6, 6.07) is 24.7. The Morgan fingerprint density at radius 1 is 1.03 bits per heavy atom. The first-order valence-corrected chi connectivity index (χ1v) is 11.2. The van der Waals surface area contributed by atoms with Crippen molar-refractivity contribution in [1.29, 1.82) is 0 Å². The van der Waals surface area contributed by atoms with Gasteiger partial charge in [-0.15, -0.1) is 0 Å². The highest BCUT2D eigenvalue weighted by Crippen LogP contribution is 2.47. The molecule has 4 aromatic rings. The second-order valence-electron chi connectivity index (χ2n) is 8.23. The van der Waals surface area contributed by atoms with Crippen molar-refractivity contribution in [2.24, 2.45) is 5.92 Å². The van der Waals surface area contributed by atoms with Crippen molar-refractivity contribution in [2.45, 2.75) is 25.8 Å². The maximum absolute atomic E-state index is 12.7. The summed E-state index contributed by atoms with van der Waals surface area (Å²) in [4.78, 5) is 17.1. The van der Waals surface area contributed by atoms with E-state index in [2.05, 4.69) is 46.7 Å². The van der Waals surface area contributed by atoms with Gasteiger partial charge in [0.05, 0.1) is 6.61 Å². The summed E-state index contributed by atoms with van der Waals surface area (Å²) in [5.41, 5.74) is 4.56. The topological polar surface area (TPSA) is 51.2 Å². The van der Waals surface area contributed by atoms with Gasteiger partial charge in [0.25, 0.3) is 0 Å². The number of hydrogen-bond donors (Lipinski definition) is 1. The first-order chi connectivity index (χ1) is 15.7. The van der Waals surface area contributed by atoms with Crippen molar-refractivity contribution in [3.63, 3.8) is 0 Å². The zero-order valence-electron chi connectivity index (χ0n) is 18.1. The predicted molar refractivity (Wildman–Crippen MR) is 127 cm³/mol. The third-order valence-electron chi connectivity index (χ3n) is 6.17. The average Bonchev–Trinajstić information content (AvgIpc) is 3.64. The molecule has 160 valence electrons. The zero-order valence-corrected chi connectivity index (χ0v) is 18.1. The Kier molecular flexibility index (Phi) is 5.59. The number of carbonyl (C=O) groups is 1. The van der Waals surface area contributed by atoms with Gasteiger partial charge < -0.3 is 10.1 Å². The smallest absolute Gasteiger partial charge is 0.224 e. The molecule has 0 radical (unpaired) electrons. The molecule has 1 saturated carbocycles. The Morgan fingerprint density at radius 3 is 2.75 bits per heavy atom. The molecular weight excluding hydrogens is 396 g/mol. The predicted octanol–water partition coefficient (Wildman–Crippen LogP) is 5.72. The van der Waals surface area contributed by atoms with Crippen LogP contribution in [0.2, 0.25) is 0 Å². The molecule has 4 heteroatoms. The lowest BCUT2D eigenvalue weighted by molar-refractivity contribution is -0.122. The minimum Gasteiger partial charge on any atom is -0.494 e. The number of rotatable bonds is 7. The van der Waals surface area contributed by atoms with Gasteiger partial charge >= 0.3 is 0 Å². The SMILES string of the molecule is CCOc1cccc(-c2ccc(CNC(=O)C3CC3c3ccccc3)c3cnccc23)c1. The van der Waals surface area contributed by atoms with Crippen molar-refractivity contribution >= 4 is 16.7 Å². The van der Waals surface area contributed by atoms with Gasteiger partial charge in [-0.05, 0) is 65.1 Å². The van der Waals surface area contributed by atoms with Crippen molar-refractivity contribution in [1.82, 2.24) is 10.3 Å². The van der Waals surface area contributed by atoms with E-state index in [1.165, 1.54) is 5.56 Å². The minimum atomic E-state index is 0.0716. The molecule has 1 amide bonds. The summed E-state index contributed by atoms with van der Waals surface area (Å²) in [5, 5.41) is 5.33. The third-order valence-corrected chi connectivity index (χ3v) is 6.17. The number of pyridine rings is 1. The van der Waals surface area contributed by atoms with Crippen LogP contribution < -0.4 is 10.1 Å². The molecule has 1 aliphatic carbocycles. The Bertz CT molecular complexity index is 1250. The average molecular weight is 423 g/mol. The molecule has 0 saturated heterocycles. The standard InChI is InChI=1S/C28H26N2O2/c1-2-32-22-10-6-9-20(15-22)23-12-11-21(27-18-29-14-13-24(23)27)17-30-28(31)26-16-25(26)19-7-4-3-5-8-19/h3-15,18,25-26H,2,16-17H2,1H3,(H,30,31). The molecule has 2 unspecified atom stereocenters. The van der Waals surface area contributed by atoms with Gasteiger partial charge in [0.15, 0.2) is 0 Å². The number of amides is 1. The van der Waals surface area contributed by atoms with E-state index >= 15 is 0 Å². The summed E-state index contributed by atoms with van der Waals surface area (Å²) in [6.45, 7) is 3.12. The van der Waals surface area contributed by atoms with E-state index in [0.29, 0.717) is 19.1 Å². The lowest BCUT2D eigenvalue weighted by Gasteiger charge is -2.13. The van der Waals surface area contributed by atoms with Gasteiger partial charge in [-0.25, -0.2) is 0 Å². The van der Waals surface area contributed by atoms with Crippen LogP contribution in [0, 0.1) is 5.92 Å². The monoisotopic (exact) mass is 422 g/mol. The van der Waals surface area contributed by atoms with Crippen molar-refractivity contribution in [3.8, 4) is 16.9 Å². The number of ether oxygens (including phenoxy) is 1. The van der Waals surface area contributed by atoms with Crippen LogP contribution in [0.5, 0.6) is 5.75 Å². The van der Waals surface area contributed by atoms with Gasteiger partial charge in [-0.2, -0.15) is 0 Å². The molecule has 1 aliphatic rings. The lowest BCUT2D eigenvalue weighted by atomic mass is 9.96. The molecule has 3 aromatic carbocycles. The second-order valence-corrected chi connectivity index (χ2v) is 8.23. The Balaban J connectivity index is 1.35. The van der Waals surface area contributed by atoms with Crippen LogP contribution in [0.1, 0.15) is 30.4 Å². The van der Waals surface area contributed by atoms with Gasteiger partial charge in [-0.1, -0.05) is 54.6 Å². The number of nitrogens with zero attached hydrogens (tertiary/aromatic N) is 1. The van der Waals surface area contributed by atoms with E-state index in [-0.39, 0.29) is 11.8 Å². The van der Waals surface area contributed by atoms with Crippen molar-refractivity contribution < 1.29 is 9.53 Å². The molecule has 5 rings (SSSR count).